The summed E-state index contributed by atoms with van der Waals surface area (Å²) < 4.78 is 75.6. The summed E-state index contributed by atoms with van der Waals surface area (Å²) in [6.07, 6.45) is 0. The molecule has 4 nitrogen and oxygen atoms in total. The topological polar surface area (TPSA) is 54.5 Å². The largest absolute Gasteiger partial charge is 0.511 e. The van der Waals surface area contributed by atoms with Crippen molar-refractivity contribution in [2.45, 2.75) is 15.3 Å². The average molecular weight is 363 g/mol. The molecule has 0 radical (unpaired) electrons. The third-order valence-corrected chi connectivity index (χ3v) is 8.65. The molecule has 2 aromatic rings. The second-order valence-corrected chi connectivity index (χ2v) is 9.65. The minimum Gasteiger partial charge on any atom is -0.262 e. The number of thiol groups is 1. The predicted molar refractivity (Wildman–Crippen MR) is 84.3 cm³/mol. The van der Waals surface area contributed by atoms with Crippen LogP contribution in [0.5, 0.6) is 0 Å². The number of rotatable bonds is 4. The lowest BCUT2D eigenvalue weighted by molar-refractivity contribution is -0.0456. The molecule has 2 rings (SSSR count). The fraction of sp³-hybridized carbons (Fsp3) is 0.0769. The summed E-state index contributed by atoms with van der Waals surface area (Å²) in [5, 5.41) is 0. The maximum absolute atomic E-state index is 13.5. The summed E-state index contributed by atoms with van der Waals surface area (Å²) in [7, 11) is -9.28. The quantitative estimate of drug-likeness (QED) is 0.665. The van der Waals surface area contributed by atoms with E-state index in [4.69, 9.17) is 0 Å². The number of sulfonamides is 1. The van der Waals surface area contributed by atoms with Crippen molar-refractivity contribution >= 4 is 28.1 Å². The fourth-order valence-electron chi connectivity index (χ4n) is 2.04. The van der Waals surface area contributed by atoms with Crippen molar-refractivity contribution in [2.75, 3.05) is 0 Å². The van der Waals surface area contributed by atoms with Crippen LogP contribution >= 0.6 is 0 Å². The van der Waals surface area contributed by atoms with Crippen molar-refractivity contribution in [2.24, 2.45) is 0 Å². The van der Waals surface area contributed by atoms with Crippen molar-refractivity contribution in [1.82, 2.24) is 3.62 Å². The zero-order valence-corrected chi connectivity index (χ0v) is 13.6. The first kappa shape index (κ1) is 17.7. The number of alkyl halides is 3. The van der Waals surface area contributed by atoms with Crippen LogP contribution in [-0.2, 0) is 20.1 Å². The summed E-state index contributed by atoms with van der Waals surface area (Å²) in [5.41, 5.74) is -5.54. The Kier molecular flexibility index (Phi) is 4.70. The molecule has 0 amide bonds. The molecule has 124 valence electrons. The van der Waals surface area contributed by atoms with Gasteiger partial charge in [0.05, 0.1) is 0 Å². The van der Waals surface area contributed by atoms with E-state index in [0.717, 1.165) is 0 Å². The van der Waals surface area contributed by atoms with Gasteiger partial charge in [-0.2, -0.15) is 16.8 Å². The molecule has 0 saturated heterocycles. The molecule has 0 saturated carbocycles. The zero-order valence-electron chi connectivity index (χ0n) is 11.9. The van der Waals surface area contributed by atoms with Crippen LogP contribution < -0.4 is 0 Å². The minimum atomic E-state index is -5.76. The van der Waals surface area contributed by atoms with Gasteiger partial charge in [-0.3, -0.25) is 4.21 Å². The third-order valence-electron chi connectivity index (χ3n) is 3.25. The molecule has 0 bridgehead atoms. The van der Waals surface area contributed by atoms with E-state index in [9.17, 15) is 25.8 Å². The van der Waals surface area contributed by atoms with Crippen LogP contribution in [-0.4, -0.2) is 29.7 Å². The first-order valence-corrected chi connectivity index (χ1v) is 9.48. The summed E-state index contributed by atoms with van der Waals surface area (Å²) in [6.45, 7) is 0. The van der Waals surface area contributed by atoms with Gasteiger partial charge in [0.1, 0.15) is 0 Å². The van der Waals surface area contributed by atoms with Crippen LogP contribution in [0, 0.1) is 0 Å². The third kappa shape index (κ3) is 3.06. The number of halogens is 3. The van der Waals surface area contributed by atoms with E-state index < -0.39 is 25.7 Å². The standard InChI is InChI=1S/C13H13BF3NO3S2/c14-18(23(20,21)13(15,16)17)22(19,11-7-3-1-4-8-11)12-9-5-2-6-10-12/h1-10,22H,14H2. The van der Waals surface area contributed by atoms with Crippen molar-refractivity contribution in [1.29, 1.82) is 0 Å². The SMILES string of the molecule is BN(S(=O)(=O)C(F)(F)F)[SH](=O)(c1ccccc1)c1ccccc1. The Labute approximate surface area is 134 Å². The highest BCUT2D eigenvalue weighted by atomic mass is 32.3. The van der Waals surface area contributed by atoms with Gasteiger partial charge in [0.2, 0.25) is 7.98 Å². The summed E-state index contributed by atoms with van der Waals surface area (Å²) >= 11 is 0. The van der Waals surface area contributed by atoms with Crippen LogP contribution in [0.4, 0.5) is 13.2 Å². The second-order valence-electron chi connectivity index (χ2n) is 4.63. The van der Waals surface area contributed by atoms with Gasteiger partial charge in [-0.15, -0.1) is 0 Å². The molecular weight excluding hydrogens is 350 g/mol. The first-order chi connectivity index (χ1) is 10.6. The van der Waals surface area contributed by atoms with E-state index in [2.05, 4.69) is 0 Å². The molecule has 2 aromatic carbocycles. The highest BCUT2D eigenvalue weighted by Gasteiger charge is 2.52. The average Bonchev–Trinajstić information content (AvgIpc) is 2.54. The molecule has 0 aliphatic heterocycles. The van der Waals surface area contributed by atoms with E-state index in [1.54, 1.807) is 12.1 Å². The maximum Gasteiger partial charge on any atom is 0.511 e. The second kappa shape index (κ2) is 6.10. The molecule has 0 atom stereocenters. The summed E-state index contributed by atoms with van der Waals surface area (Å²) in [6, 6.07) is 14.5. The molecule has 0 N–H and O–H groups in total. The number of hydrogen-bond acceptors (Lipinski definition) is 3. The van der Waals surface area contributed by atoms with Crippen molar-refractivity contribution in [3.8, 4) is 0 Å². The van der Waals surface area contributed by atoms with Gasteiger partial charge >= 0.3 is 15.5 Å². The summed E-state index contributed by atoms with van der Waals surface area (Å²) in [4.78, 5) is 0.00282. The van der Waals surface area contributed by atoms with E-state index >= 15 is 0 Å². The van der Waals surface area contributed by atoms with Gasteiger partial charge in [-0.1, -0.05) is 36.4 Å². The smallest absolute Gasteiger partial charge is 0.262 e. The molecular formula is C13H13BF3NO3S2. The number of benzene rings is 2. The first-order valence-electron chi connectivity index (χ1n) is 6.39. The molecule has 23 heavy (non-hydrogen) atoms. The van der Waals surface area contributed by atoms with Crippen LogP contribution in [0.3, 0.4) is 0 Å². The Morgan fingerprint density at radius 3 is 1.52 bits per heavy atom. The highest BCUT2D eigenvalue weighted by Crippen LogP contribution is 2.37. The normalized spacial score (nSPS) is 13.9. The van der Waals surface area contributed by atoms with Gasteiger partial charge in [0.15, 0.2) is 0 Å². The van der Waals surface area contributed by atoms with E-state index in [1.165, 1.54) is 48.5 Å². The maximum atomic E-state index is 13.5. The fourth-order valence-corrected chi connectivity index (χ4v) is 6.49. The van der Waals surface area contributed by atoms with Gasteiger partial charge < -0.3 is 0 Å². The molecule has 0 unspecified atom stereocenters. The predicted octanol–water partition coefficient (Wildman–Crippen LogP) is 1.74. The van der Waals surface area contributed by atoms with Crippen molar-refractivity contribution in [3.05, 3.63) is 60.7 Å². The molecule has 0 fully saturated rings. The number of hydrogen-bond donors (Lipinski definition) is 1. The van der Waals surface area contributed by atoms with E-state index in [-0.39, 0.29) is 13.4 Å². The highest BCUT2D eigenvalue weighted by molar-refractivity contribution is 8.12. The molecule has 0 spiro atoms. The Hall–Kier alpha value is -1.65. The van der Waals surface area contributed by atoms with Crippen molar-refractivity contribution in [3.63, 3.8) is 0 Å². The molecule has 0 aliphatic rings. The molecule has 0 aliphatic carbocycles. The Balaban J connectivity index is 2.73. The lowest BCUT2D eigenvalue weighted by atomic mass is 10.4. The molecule has 10 heteroatoms. The van der Waals surface area contributed by atoms with Crippen LogP contribution in [0.1, 0.15) is 0 Å². The lowest BCUT2D eigenvalue weighted by Crippen LogP contribution is -2.46. The van der Waals surface area contributed by atoms with Gasteiger partial charge in [0.25, 0.3) is 0 Å². The lowest BCUT2D eigenvalue weighted by Gasteiger charge is -2.34. The van der Waals surface area contributed by atoms with Crippen LogP contribution in [0.15, 0.2) is 70.5 Å². The van der Waals surface area contributed by atoms with E-state index in [0.29, 0.717) is 7.98 Å². The van der Waals surface area contributed by atoms with Crippen LogP contribution in [0.2, 0.25) is 0 Å². The van der Waals surface area contributed by atoms with Gasteiger partial charge in [0, 0.05) is 9.79 Å². The van der Waals surface area contributed by atoms with E-state index in [1.807, 2.05) is 0 Å². The van der Waals surface area contributed by atoms with Crippen molar-refractivity contribution < 1.29 is 25.8 Å². The zero-order chi connectivity index (χ0) is 17.3. The minimum absolute atomic E-state index is 0.00141. The molecule has 0 heterocycles. The summed E-state index contributed by atoms with van der Waals surface area (Å²) in [5.74, 6) is 0. The monoisotopic (exact) mass is 363 g/mol. The number of nitrogens with zero attached hydrogens (tertiary/aromatic N) is 1. The Morgan fingerprint density at radius 1 is 0.870 bits per heavy atom. The Bertz CT molecular complexity index is 783. The van der Waals surface area contributed by atoms with Gasteiger partial charge in [-0.25, -0.2) is 8.42 Å². The Morgan fingerprint density at radius 2 is 1.22 bits per heavy atom. The van der Waals surface area contributed by atoms with Gasteiger partial charge in [-0.05, 0) is 34.4 Å². The van der Waals surface area contributed by atoms with Crippen LogP contribution in [0.25, 0.3) is 0 Å². The molecule has 0 aromatic heterocycles.